The normalized spacial score (nSPS) is 10.3. The van der Waals surface area contributed by atoms with E-state index in [9.17, 15) is 10.1 Å². The zero-order chi connectivity index (χ0) is 13.1. The zero-order valence-corrected chi connectivity index (χ0v) is 10.9. The largest absolute Gasteiger partial charge is 0.269 e. The Labute approximate surface area is 112 Å². The van der Waals surface area contributed by atoms with Crippen molar-refractivity contribution >= 4 is 29.1 Å². The third-order valence-corrected chi connectivity index (χ3v) is 3.13. The molecular weight excluding hydrogens is 274 g/mol. The summed E-state index contributed by atoms with van der Waals surface area (Å²) in [6.07, 6.45) is 0. The van der Waals surface area contributed by atoms with Gasteiger partial charge < -0.3 is 0 Å². The van der Waals surface area contributed by atoms with Crippen LogP contribution in [-0.2, 0) is 0 Å². The molecule has 0 spiro atoms. The van der Waals surface area contributed by atoms with E-state index in [0.717, 1.165) is 10.6 Å². The number of rotatable bonds is 3. The van der Waals surface area contributed by atoms with E-state index in [-0.39, 0.29) is 5.69 Å². The first-order valence-electron chi connectivity index (χ1n) is 4.98. The average Bonchev–Trinajstić information content (AvgIpc) is 2.28. The van der Waals surface area contributed by atoms with Gasteiger partial charge >= 0.3 is 0 Å². The molecule has 1 aromatic heterocycles. The highest BCUT2D eigenvalue weighted by Crippen LogP contribution is 2.27. The summed E-state index contributed by atoms with van der Waals surface area (Å²) >= 11 is 7.14. The summed E-state index contributed by atoms with van der Waals surface area (Å²) in [5, 5.41) is 11.4. The number of hydrogen-bond acceptors (Lipinski definition) is 5. The van der Waals surface area contributed by atoms with E-state index < -0.39 is 4.92 Å². The minimum Gasteiger partial charge on any atom is -0.258 e. The molecule has 0 aliphatic carbocycles. The number of non-ortho nitro benzene ring substituents is 1. The Hall–Kier alpha value is -1.66. The average molecular weight is 282 g/mol. The molecular formula is C11H8ClN3O2S. The van der Waals surface area contributed by atoms with E-state index >= 15 is 0 Å². The van der Waals surface area contributed by atoms with Gasteiger partial charge in [0.25, 0.3) is 5.69 Å². The molecule has 0 bridgehead atoms. The standard InChI is InChI=1S/C11H8ClN3O2S/c1-7-6-10(12)14-11(13-7)18-9-4-2-8(3-5-9)15(16)17/h2-6H,1H3. The number of aryl methyl sites for hydroxylation is 1. The van der Waals surface area contributed by atoms with E-state index in [2.05, 4.69) is 9.97 Å². The highest BCUT2D eigenvalue weighted by Gasteiger charge is 2.07. The topological polar surface area (TPSA) is 68.9 Å². The number of nitro benzene ring substituents is 1. The van der Waals surface area contributed by atoms with E-state index in [1.165, 1.54) is 23.9 Å². The molecule has 0 saturated heterocycles. The Morgan fingerprint density at radius 1 is 1.28 bits per heavy atom. The van der Waals surface area contributed by atoms with E-state index in [1.807, 2.05) is 6.92 Å². The van der Waals surface area contributed by atoms with Gasteiger partial charge in [-0.05, 0) is 36.9 Å². The molecule has 0 saturated carbocycles. The van der Waals surface area contributed by atoms with E-state index in [4.69, 9.17) is 11.6 Å². The first-order chi connectivity index (χ1) is 8.54. The zero-order valence-electron chi connectivity index (χ0n) is 9.33. The van der Waals surface area contributed by atoms with Crippen LogP contribution in [-0.4, -0.2) is 14.9 Å². The summed E-state index contributed by atoms with van der Waals surface area (Å²) in [6, 6.07) is 7.87. The maximum atomic E-state index is 10.5. The van der Waals surface area contributed by atoms with Crippen LogP contribution in [0.5, 0.6) is 0 Å². The summed E-state index contributed by atoms with van der Waals surface area (Å²) in [5.74, 6) is 0. The van der Waals surface area contributed by atoms with Crippen LogP contribution < -0.4 is 0 Å². The number of halogens is 1. The van der Waals surface area contributed by atoms with Crippen molar-refractivity contribution < 1.29 is 4.92 Å². The molecule has 1 aromatic carbocycles. The van der Waals surface area contributed by atoms with Gasteiger partial charge in [-0.3, -0.25) is 10.1 Å². The van der Waals surface area contributed by atoms with Gasteiger partial charge in [-0.1, -0.05) is 11.6 Å². The van der Waals surface area contributed by atoms with Gasteiger partial charge in [-0.25, -0.2) is 9.97 Å². The fourth-order valence-corrected chi connectivity index (χ4v) is 2.40. The fraction of sp³-hybridized carbons (Fsp3) is 0.0909. The number of benzene rings is 1. The summed E-state index contributed by atoms with van der Waals surface area (Å²) < 4.78 is 0. The number of nitro groups is 1. The van der Waals surface area contributed by atoms with Crippen LogP contribution >= 0.6 is 23.4 Å². The van der Waals surface area contributed by atoms with Crippen molar-refractivity contribution in [1.29, 1.82) is 0 Å². The maximum Gasteiger partial charge on any atom is 0.269 e. The van der Waals surface area contributed by atoms with Crippen LogP contribution in [0.15, 0.2) is 40.4 Å². The van der Waals surface area contributed by atoms with Crippen molar-refractivity contribution in [2.24, 2.45) is 0 Å². The fourth-order valence-electron chi connectivity index (χ4n) is 1.29. The van der Waals surface area contributed by atoms with E-state index in [0.29, 0.717) is 10.3 Å². The first kappa shape index (κ1) is 12.8. The molecule has 0 aliphatic rings. The lowest BCUT2D eigenvalue weighted by molar-refractivity contribution is -0.384. The van der Waals surface area contributed by atoms with Gasteiger partial charge in [0.2, 0.25) is 0 Å². The summed E-state index contributed by atoms with van der Waals surface area (Å²) in [5.41, 5.74) is 0.835. The molecule has 1 heterocycles. The second kappa shape index (κ2) is 5.32. The quantitative estimate of drug-likeness (QED) is 0.373. The monoisotopic (exact) mass is 281 g/mol. The molecule has 7 heteroatoms. The molecule has 0 unspecified atom stereocenters. The smallest absolute Gasteiger partial charge is 0.258 e. The highest BCUT2D eigenvalue weighted by atomic mass is 35.5. The summed E-state index contributed by atoms with van der Waals surface area (Å²) in [6.45, 7) is 1.83. The Morgan fingerprint density at radius 3 is 2.50 bits per heavy atom. The van der Waals surface area contributed by atoms with Crippen molar-refractivity contribution in [1.82, 2.24) is 9.97 Å². The predicted octanol–water partition coefficient (Wildman–Crippen LogP) is 3.50. The van der Waals surface area contributed by atoms with Crippen LogP contribution in [0, 0.1) is 17.0 Å². The van der Waals surface area contributed by atoms with Gasteiger partial charge in [0, 0.05) is 22.7 Å². The third kappa shape index (κ3) is 3.18. The molecule has 18 heavy (non-hydrogen) atoms. The van der Waals surface area contributed by atoms with Crippen molar-refractivity contribution in [2.45, 2.75) is 17.0 Å². The second-order valence-electron chi connectivity index (χ2n) is 3.47. The molecule has 0 radical (unpaired) electrons. The van der Waals surface area contributed by atoms with Crippen molar-refractivity contribution in [2.75, 3.05) is 0 Å². The lowest BCUT2D eigenvalue weighted by Crippen LogP contribution is -1.90. The molecule has 0 fully saturated rings. The minimum absolute atomic E-state index is 0.0579. The molecule has 92 valence electrons. The van der Waals surface area contributed by atoms with Crippen LogP contribution in [0.3, 0.4) is 0 Å². The SMILES string of the molecule is Cc1cc(Cl)nc(Sc2ccc([N+](=O)[O-])cc2)n1. The number of aromatic nitrogens is 2. The first-order valence-corrected chi connectivity index (χ1v) is 6.17. The molecule has 5 nitrogen and oxygen atoms in total. The predicted molar refractivity (Wildman–Crippen MR) is 69.0 cm³/mol. The van der Waals surface area contributed by atoms with Crippen LogP contribution in [0.2, 0.25) is 5.15 Å². The van der Waals surface area contributed by atoms with Crippen LogP contribution in [0.25, 0.3) is 0 Å². The lowest BCUT2D eigenvalue weighted by atomic mass is 10.3. The maximum absolute atomic E-state index is 10.5. The summed E-state index contributed by atoms with van der Waals surface area (Å²) in [7, 11) is 0. The van der Waals surface area contributed by atoms with Gasteiger partial charge in [0.1, 0.15) is 5.15 Å². The molecule has 0 aliphatic heterocycles. The van der Waals surface area contributed by atoms with Crippen LogP contribution in [0.4, 0.5) is 5.69 Å². The van der Waals surface area contributed by atoms with E-state index in [1.54, 1.807) is 18.2 Å². The Kier molecular flexibility index (Phi) is 3.78. The van der Waals surface area contributed by atoms with Gasteiger partial charge in [0.05, 0.1) is 4.92 Å². The molecule has 2 rings (SSSR count). The summed E-state index contributed by atoms with van der Waals surface area (Å²) in [4.78, 5) is 19.2. The highest BCUT2D eigenvalue weighted by molar-refractivity contribution is 7.99. The minimum atomic E-state index is -0.436. The Balaban J connectivity index is 2.20. The van der Waals surface area contributed by atoms with Gasteiger partial charge in [-0.15, -0.1) is 0 Å². The van der Waals surface area contributed by atoms with Gasteiger partial charge in [-0.2, -0.15) is 0 Å². The van der Waals surface area contributed by atoms with Crippen LogP contribution in [0.1, 0.15) is 5.69 Å². The van der Waals surface area contributed by atoms with Crippen molar-refractivity contribution in [3.8, 4) is 0 Å². The third-order valence-electron chi connectivity index (χ3n) is 2.06. The molecule has 0 atom stereocenters. The number of nitrogens with zero attached hydrogens (tertiary/aromatic N) is 3. The lowest BCUT2D eigenvalue weighted by Gasteiger charge is -2.01. The van der Waals surface area contributed by atoms with Gasteiger partial charge in [0.15, 0.2) is 5.16 Å². The molecule has 2 aromatic rings. The molecule has 0 N–H and O–H groups in total. The van der Waals surface area contributed by atoms with Crippen molar-refractivity contribution in [3.05, 3.63) is 51.3 Å². The molecule has 0 amide bonds. The van der Waals surface area contributed by atoms with Crippen molar-refractivity contribution in [3.63, 3.8) is 0 Å². The second-order valence-corrected chi connectivity index (χ2v) is 4.90. The number of hydrogen-bond donors (Lipinski definition) is 0. The Bertz CT molecular complexity index is 569. The Morgan fingerprint density at radius 2 is 1.94 bits per heavy atom.